The molecule has 2 N–H and O–H groups in total. The van der Waals surface area contributed by atoms with E-state index in [9.17, 15) is 9.59 Å². The predicted octanol–water partition coefficient (Wildman–Crippen LogP) is 2.58. The molecule has 0 radical (unpaired) electrons. The lowest BCUT2D eigenvalue weighted by atomic mass is 9.99. The molecule has 1 aliphatic rings. The van der Waals surface area contributed by atoms with E-state index in [-0.39, 0.29) is 0 Å². The molecule has 21 heavy (non-hydrogen) atoms. The molecule has 1 fully saturated rings. The molecule has 0 saturated carbocycles. The van der Waals surface area contributed by atoms with E-state index in [2.05, 4.69) is 17.1 Å². The number of nitrogens with one attached hydrogen (secondary N) is 1. The number of carboxylic acids is 1. The Kier molecular flexibility index (Phi) is 4.83. The molecule has 114 valence electrons. The van der Waals surface area contributed by atoms with Crippen molar-refractivity contribution >= 4 is 23.3 Å². The van der Waals surface area contributed by atoms with Crippen molar-refractivity contribution < 1.29 is 14.7 Å². The fourth-order valence-corrected chi connectivity index (χ4v) is 2.39. The second kappa shape index (κ2) is 6.61. The number of carbonyl (C=O) groups is 2. The van der Waals surface area contributed by atoms with E-state index in [4.69, 9.17) is 5.11 Å². The van der Waals surface area contributed by atoms with E-state index in [0.717, 1.165) is 24.7 Å². The Labute approximate surface area is 125 Å². The van der Waals surface area contributed by atoms with Crippen molar-refractivity contribution in [2.45, 2.75) is 26.7 Å². The number of benzene rings is 1. The number of amides is 1. The Morgan fingerprint density at radius 3 is 2.33 bits per heavy atom. The lowest BCUT2D eigenvalue weighted by molar-refractivity contribution is -0.144. The number of anilines is 2. The molecule has 2 rings (SSSR count). The summed E-state index contributed by atoms with van der Waals surface area (Å²) in [6, 6.07) is 7.58. The van der Waals surface area contributed by atoms with Crippen molar-refractivity contribution in [2.75, 3.05) is 23.3 Å². The molecule has 1 aliphatic heterocycles. The highest BCUT2D eigenvalue weighted by atomic mass is 16.4. The summed E-state index contributed by atoms with van der Waals surface area (Å²) in [6.45, 7) is 5.77. The molecule has 1 aromatic carbocycles. The van der Waals surface area contributed by atoms with Gasteiger partial charge in [0.05, 0.1) is 0 Å². The Morgan fingerprint density at radius 2 is 1.81 bits per heavy atom. The maximum Gasteiger partial charge on any atom is 0.315 e. The number of hydrogen-bond acceptors (Lipinski definition) is 3. The van der Waals surface area contributed by atoms with Crippen molar-refractivity contribution in [1.29, 1.82) is 0 Å². The molecule has 0 bridgehead atoms. The van der Waals surface area contributed by atoms with Gasteiger partial charge in [-0.1, -0.05) is 6.92 Å². The Balaban J connectivity index is 1.96. The third-order valence-corrected chi connectivity index (χ3v) is 4.05. The van der Waals surface area contributed by atoms with Crippen LogP contribution >= 0.6 is 0 Å². The van der Waals surface area contributed by atoms with E-state index >= 15 is 0 Å². The van der Waals surface area contributed by atoms with Crippen LogP contribution in [0.25, 0.3) is 0 Å². The Bertz CT molecular complexity index is 505. The summed E-state index contributed by atoms with van der Waals surface area (Å²) in [6.07, 6.45) is 2.41. The zero-order chi connectivity index (χ0) is 15.4. The normalized spacial score (nSPS) is 17.3. The summed E-state index contributed by atoms with van der Waals surface area (Å²) < 4.78 is 0. The summed E-state index contributed by atoms with van der Waals surface area (Å²) in [4.78, 5) is 24.8. The zero-order valence-electron chi connectivity index (χ0n) is 12.5. The van der Waals surface area contributed by atoms with Gasteiger partial charge in [-0.25, -0.2) is 0 Å². The van der Waals surface area contributed by atoms with Crippen molar-refractivity contribution in [1.82, 2.24) is 0 Å². The number of carboxylic acid groups (broad SMARTS) is 1. The molecule has 1 unspecified atom stereocenters. The van der Waals surface area contributed by atoms with Crippen molar-refractivity contribution in [3.05, 3.63) is 24.3 Å². The lowest BCUT2D eigenvalue weighted by Crippen LogP contribution is -2.32. The van der Waals surface area contributed by atoms with Crippen LogP contribution in [0.2, 0.25) is 0 Å². The zero-order valence-corrected chi connectivity index (χ0v) is 12.5. The minimum atomic E-state index is -1.12. The van der Waals surface area contributed by atoms with Gasteiger partial charge in [0.1, 0.15) is 5.92 Å². The van der Waals surface area contributed by atoms with Crippen LogP contribution in [0.3, 0.4) is 0 Å². The van der Waals surface area contributed by atoms with E-state index in [1.54, 1.807) is 0 Å². The monoisotopic (exact) mass is 290 g/mol. The van der Waals surface area contributed by atoms with Gasteiger partial charge in [0.2, 0.25) is 5.91 Å². The van der Waals surface area contributed by atoms with Gasteiger partial charge in [0.25, 0.3) is 0 Å². The van der Waals surface area contributed by atoms with Gasteiger partial charge >= 0.3 is 5.97 Å². The van der Waals surface area contributed by atoms with E-state index in [0.29, 0.717) is 5.69 Å². The summed E-state index contributed by atoms with van der Waals surface area (Å²) in [5.41, 5.74) is 1.77. The Morgan fingerprint density at radius 1 is 1.24 bits per heavy atom. The fourth-order valence-electron chi connectivity index (χ4n) is 2.39. The molecular formula is C16H22N2O3. The SMILES string of the molecule is CC1CCN(c2ccc(NC(=O)C(C)C(=O)O)cc2)CC1. The summed E-state index contributed by atoms with van der Waals surface area (Å²) in [7, 11) is 0. The number of aliphatic carboxylic acids is 1. The van der Waals surface area contributed by atoms with Crippen LogP contribution in [0.1, 0.15) is 26.7 Å². The standard InChI is InChI=1S/C16H22N2O3/c1-11-7-9-18(10-8-11)14-5-3-13(4-6-14)17-15(19)12(2)16(20)21/h3-6,11-12H,7-10H2,1-2H3,(H,17,19)(H,20,21). The highest BCUT2D eigenvalue weighted by molar-refractivity contribution is 6.03. The highest BCUT2D eigenvalue weighted by Gasteiger charge is 2.20. The van der Waals surface area contributed by atoms with Crippen molar-refractivity contribution in [3.63, 3.8) is 0 Å². The average Bonchev–Trinajstić information content (AvgIpc) is 2.48. The highest BCUT2D eigenvalue weighted by Crippen LogP contribution is 2.24. The minimum absolute atomic E-state index is 0.498. The maximum absolute atomic E-state index is 11.7. The predicted molar refractivity (Wildman–Crippen MR) is 82.5 cm³/mol. The van der Waals surface area contributed by atoms with Crippen LogP contribution in [-0.4, -0.2) is 30.1 Å². The van der Waals surface area contributed by atoms with Gasteiger partial charge in [0, 0.05) is 24.5 Å². The summed E-state index contributed by atoms with van der Waals surface area (Å²) >= 11 is 0. The van der Waals surface area contributed by atoms with Gasteiger partial charge in [-0.2, -0.15) is 0 Å². The Hall–Kier alpha value is -2.04. The van der Waals surface area contributed by atoms with Gasteiger partial charge in [-0.05, 0) is 49.9 Å². The minimum Gasteiger partial charge on any atom is -0.481 e. The second-order valence-electron chi connectivity index (χ2n) is 5.77. The van der Waals surface area contributed by atoms with Crippen LogP contribution in [0.4, 0.5) is 11.4 Å². The van der Waals surface area contributed by atoms with Crippen molar-refractivity contribution in [3.8, 4) is 0 Å². The van der Waals surface area contributed by atoms with Gasteiger partial charge in [0.15, 0.2) is 0 Å². The largest absolute Gasteiger partial charge is 0.481 e. The number of piperidine rings is 1. The van der Waals surface area contributed by atoms with Gasteiger partial charge < -0.3 is 15.3 Å². The second-order valence-corrected chi connectivity index (χ2v) is 5.77. The van der Waals surface area contributed by atoms with E-state index in [1.807, 2.05) is 24.3 Å². The molecule has 1 heterocycles. The number of nitrogens with zero attached hydrogens (tertiary/aromatic N) is 1. The first-order chi connectivity index (χ1) is 9.97. The van der Waals surface area contributed by atoms with Crippen LogP contribution < -0.4 is 10.2 Å². The quantitative estimate of drug-likeness (QED) is 0.836. The molecule has 1 saturated heterocycles. The molecular weight excluding hydrogens is 268 g/mol. The fraction of sp³-hybridized carbons (Fsp3) is 0.500. The third-order valence-electron chi connectivity index (χ3n) is 4.05. The van der Waals surface area contributed by atoms with Crippen LogP contribution in [0, 0.1) is 11.8 Å². The van der Waals surface area contributed by atoms with Crippen LogP contribution in [-0.2, 0) is 9.59 Å². The first kappa shape index (κ1) is 15.4. The molecule has 0 aliphatic carbocycles. The van der Waals surface area contributed by atoms with E-state index in [1.165, 1.54) is 19.8 Å². The first-order valence-electron chi connectivity index (χ1n) is 7.36. The lowest BCUT2D eigenvalue weighted by Gasteiger charge is -2.32. The topological polar surface area (TPSA) is 69.6 Å². The van der Waals surface area contributed by atoms with Gasteiger partial charge in [-0.3, -0.25) is 9.59 Å². The maximum atomic E-state index is 11.7. The number of carbonyl (C=O) groups excluding carboxylic acids is 1. The first-order valence-corrected chi connectivity index (χ1v) is 7.36. The smallest absolute Gasteiger partial charge is 0.315 e. The molecule has 0 spiro atoms. The summed E-state index contributed by atoms with van der Waals surface area (Å²) in [5, 5.41) is 11.4. The molecule has 1 aromatic rings. The van der Waals surface area contributed by atoms with Crippen LogP contribution in [0.5, 0.6) is 0 Å². The molecule has 1 amide bonds. The molecule has 5 heteroatoms. The summed E-state index contributed by atoms with van der Waals surface area (Å²) in [5.74, 6) is -1.88. The third kappa shape index (κ3) is 3.97. The molecule has 1 atom stereocenters. The van der Waals surface area contributed by atoms with Crippen LogP contribution in [0.15, 0.2) is 24.3 Å². The molecule has 0 aromatic heterocycles. The average molecular weight is 290 g/mol. The van der Waals surface area contributed by atoms with Gasteiger partial charge in [-0.15, -0.1) is 0 Å². The molecule has 5 nitrogen and oxygen atoms in total. The number of rotatable bonds is 4. The van der Waals surface area contributed by atoms with E-state index < -0.39 is 17.8 Å². The van der Waals surface area contributed by atoms with Crippen molar-refractivity contribution in [2.24, 2.45) is 11.8 Å². The number of hydrogen-bond donors (Lipinski definition) is 2.